The number of ether oxygens (including phenoxy) is 2. The summed E-state index contributed by atoms with van der Waals surface area (Å²) in [6.07, 6.45) is 1.05. The van der Waals surface area contributed by atoms with Crippen LogP contribution in [0.3, 0.4) is 0 Å². The number of benzene rings is 1. The number of Topliss-reactive ketones (excluding diaryl/α,β-unsaturated/α-hetero) is 1. The fraction of sp³-hybridized carbons (Fsp3) is 0.478. The molecule has 1 aromatic carbocycles. The van der Waals surface area contributed by atoms with Crippen LogP contribution in [0, 0.1) is 23.6 Å². The molecule has 0 unspecified atom stereocenters. The zero-order chi connectivity index (χ0) is 22.0. The number of carbonyl (C=O) groups is 3. The van der Waals surface area contributed by atoms with Gasteiger partial charge in [0.05, 0.1) is 25.2 Å². The maximum Gasteiger partial charge on any atom is 0.336 e. The lowest BCUT2D eigenvalue weighted by Gasteiger charge is -2.40. The Hall–Kier alpha value is -2.83. The molecular weight excluding hydrogens is 389 g/mol. The first-order valence-electron chi connectivity index (χ1n) is 10.1. The van der Waals surface area contributed by atoms with E-state index in [-0.39, 0.29) is 23.9 Å². The van der Waals surface area contributed by atoms with Crippen LogP contribution in [-0.4, -0.2) is 37.2 Å². The Kier molecular flexibility index (Phi) is 6.48. The van der Waals surface area contributed by atoms with Gasteiger partial charge < -0.3 is 9.47 Å². The second-order valence-electron chi connectivity index (χ2n) is 7.83. The van der Waals surface area contributed by atoms with E-state index in [0.717, 1.165) is 0 Å². The Labute approximate surface area is 175 Å². The first kappa shape index (κ1) is 21.9. The third kappa shape index (κ3) is 3.93. The molecule has 0 N–H and O–H groups in total. The fourth-order valence-corrected chi connectivity index (χ4v) is 4.43. The molecule has 0 aromatic heterocycles. The molecule has 1 aliphatic carbocycles. The van der Waals surface area contributed by atoms with E-state index in [1.165, 1.54) is 25.3 Å². The highest BCUT2D eigenvalue weighted by Crippen LogP contribution is 2.45. The molecule has 0 saturated heterocycles. The monoisotopic (exact) mass is 415 g/mol. The van der Waals surface area contributed by atoms with Gasteiger partial charge in [0.1, 0.15) is 11.7 Å². The van der Waals surface area contributed by atoms with E-state index in [2.05, 4.69) is 4.99 Å². The third-order valence-electron chi connectivity index (χ3n) is 5.74. The average molecular weight is 415 g/mol. The van der Waals surface area contributed by atoms with Gasteiger partial charge in [0.2, 0.25) is 0 Å². The van der Waals surface area contributed by atoms with Crippen molar-refractivity contribution in [2.75, 3.05) is 13.7 Å². The second kappa shape index (κ2) is 8.90. The van der Waals surface area contributed by atoms with E-state index >= 15 is 0 Å². The van der Waals surface area contributed by atoms with Crippen molar-refractivity contribution in [1.82, 2.24) is 0 Å². The van der Waals surface area contributed by atoms with Gasteiger partial charge in [-0.05, 0) is 43.4 Å². The standard InChI is InChI=1S/C23H26FNO5/c1-5-9-30-23(28)18-13(3)25-16-10-12(2)17(22(27)29-4)21(26)20(16)19(18)14-7-6-8-15(24)11-14/h6-8,11-12,17,19-20H,5,9-10H2,1-4H3/t12-,17-,19+,20+/m1/s1. The lowest BCUT2D eigenvalue weighted by molar-refractivity contribution is -0.152. The van der Waals surface area contributed by atoms with Gasteiger partial charge in [-0.15, -0.1) is 0 Å². The summed E-state index contributed by atoms with van der Waals surface area (Å²) >= 11 is 0. The molecule has 0 bridgehead atoms. The van der Waals surface area contributed by atoms with Crippen LogP contribution in [0.15, 0.2) is 40.5 Å². The maximum absolute atomic E-state index is 14.1. The topological polar surface area (TPSA) is 82.0 Å². The Bertz CT molecular complexity index is 935. The van der Waals surface area contributed by atoms with E-state index in [1.54, 1.807) is 19.9 Å². The molecule has 160 valence electrons. The predicted octanol–water partition coefficient (Wildman–Crippen LogP) is 3.61. The number of aliphatic imine (C=N–C) groups is 1. The summed E-state index contributed by atoms with van der Waals surface area (Å²) in [5.74, 6) is -4.88. The molecule has 2 aliphatic rings. The van der Waals surface area contributed by atoms with Crippen molar-refractivity contribution >= 4 is 23.4 Å². The average Bonchev–Trinajstić information content (AvgIpc) is 2.70. The van der Waals surface area contributed by atoms with Crippen molar-refractivity contribution in [3.8, 4) is 0 Å². The summed E-state index contributed by atoms with van der Waals surface area (Å²) in [5.41, 5.74) is 1.76. The predicted molar refractivity (Wildman–Crippen MR) is 108 cm³/mol. The van der Waals surface area contributed by atoms with E-state index in [9.17, 15) is 18.8 Å². The molecule has 30 heavy (non-hydrogen) atoms. The van der Waals surface area contributed by atoms with Gasteiger partial charge in [0.25, 0.3) is 0 Å². The fourth-order valence-electron chi connectivity index (χ4n) is 4.43. The van der Waals surface area contributed by atoms with Crippen LogP contribution in [-0.2, 0) is 23.9 Å². The largest absolute Gasteiger partial charge is 0.468 e. The highest BCUT2D eigenvalue weighted by atomic mass is 19.1. The summed E-state index contributed by atoms with van der Waals surface area (Å²) in [5, 5.41) is 0. The van der Waals surface area contributed by atoms with Crippen molar-refractivity contribution in [1.29, 1.82) is 0 Å². The Balaban J connectivity index is 2.16. The molecule has 1 fully saturated rings. The van der Waals surface area contributed by atoms with Gasteiger partial charge in [-0.2, -0.15) is 0 Å². The summed E-state index contributed by atoms with van der Waals surface area (Å²) in [6, 6.07) is 5.82. The molecule has 7 heteroatoms. The normalized spacial score (nSPS) is 26.0. The lowest BCUT2D eigenvalue weighted by atomic mass is 9.64. The molecular formula is C23H26FNO5. The minimum Gasteiger partial charge on any atom is -0.468 e. The molecule has 0 radical (unpaired) electrons. The first-order valence-corrected chi connectivity index (χ1v) is 10.1. The molecule has 4 atom stereocenters. The van der Waals surface area contributed by atoms with Crippen LogP contribution >= 0.6 is 0 Å². The number of nitrogens with zero attached hydrogens (tertiary/aromatic N) is 1. The summed E-state index contributed by atoms with van der Waals surface area (Å²) in [6.45, 7) is 5.60. The molecule has 0 amide bonds. The molecule has 1 aliphatic heterocycles. The number of fused-ring (bicyclic) bond motifs is 1. The van der Waals surface area contributed by atoms with Crippen LogP contribution in [0.1, 0.15) is 45.1 Å². The minimum atomic E-state index is -0.957. The summed E-state index contributed by atoms with van der Waals surface area (Å²) in [4.78, 5) is 43.3. The lowest BCUT2D eigenvalue weighted by Crippen LogP contribution is -2.48. The zero-order valence-corrected chi connectivity index (χ0v) is 17.6. The number of esters is 2. The van der Waals surface area contributed by atoms with E-state index < -0.39 is 35.5 Å². The number of rotatable bonds is 5. The number of allylic oxidation sites excluding steroid dienone is 1. The van der Waals surface area contributed by atoms with E-state index in [1.807, 2.05) is 6.92 Å². The highest BCUT2D eigenvalue weighted by molar-refractivity contribution is 6.17. The van der Waals surface area contributed by atoms with Crippen molar-refractivity contribution < 1.29 is 28.2 Å². The van der Waals surface area contributed by atoms with Crippen LogP contribution < -0.4 is 0 Å². The van der Waals surface area contributed by atoms with E-state index in [0.29, 0.717) is 29.8 Å². The first-order chi connectivity index (χ1) is 14.3. The van der Waals surface area contributed by atoms with Gasteiger partial charge in [-0.3, -0.25) is 14.6 Å². The highest BCUT2D eigenvalue weighted by Gasteiger charge is 2.51. The number of hydrogen-bond acceptors (Lipinski definition) is 6. The Morgan fingerprint density at radius 1 is 1.27 bits per heavy atom. The Morgan fingerprint density at radius 3 is 2.63 bits per heavy atom. The van der Waals surface area contributed by atoms with E-state index in [4.69, 9.17) is 9.47 Å². The van der Waals surface area contributed by atoms with Crippen LogP contribution in [0.4, 0.5) is 4.39 Å². The van der Waals surface area contributed by atoms with Crippen LogP contribution in [0.5, 0.6) is 0 Å². The molecule has 6 nitrogen and oxygen atoms in total. The van der Waals surface area contributed by atoms with Gasteiger partial charge in [0.15, 0.2) is 5.78 Å². The second-order valence-corrected chi connectivity index (χ2v) is 7.83. The SMILES string of the molecule is CCCOC(=O)C1=C(C)N=C2C[C@@H](C)[C@@H](C(=O)OC)C(=O)[C@@H]2[C@H]1c1cccc(F)c1. The van der Waals surface area contributed by atoms with Crippen molar-refractivity contribution in [2.45, 2.75) is 39.5 Å². The number of methoxy groups -OCH3 is 1. The van der Waals surface area contributed by atoms with Crippen molar-refractivity contribution in [3.05, 3.63) is 46.9 Å². The molecule has 3 rings (SSSR count). The quantitative estimate of drug-likeness (QED) is 0.542. The molecule has 0 spiro atoms. The molecule has 1 heterocycles. The third-order valence-corrected chi connectivity index (χ3v) is 5.74. The van der Waals surface area contributed by atoms with Gasteiger partial charge in [0, 0.05) is 17.3 Å². The van der Waals surface area contributed by atoms with Crippen LogP contribution in [0.2, 0.25) is 0 Å². The smallest absolute Gasteiger partial charge is 0.336 e. The molecule has 1 saturated carbocycles. The van der Waals surface area contributed by atoms with Gasteiger partial charge in [-0.25, -0.2) is 9.18 Å². The number of ketones is 1. The number of halogens is 1. The van der Waals surface area contributed by atoms with Crippen molar-refractivity contribution in [2.24, 2.45) is 22.7 Å². The summed E-state index contributed by atoms with van der Waals surface area (Å²) < 4.78 is 24.3. The van der Waals surface area contributed by atoms with Crippen molar-refractivity contribution in [3.63, 3.8) is 0 Å². The zero-order valence-electron chi connectivity index (χ0n) is 17.6. The number of hydrogen-bond donors (Lipinski definition) is 0. The van der Waals surface area contributed by atoms with Gasteiger partial charge in [-0.1, -0.05) is 26.0 Å². The minimum absolute atomic E-state index is 0.225. The number of carbonyl (C=O) groups excluding carboxylic acids is 3. The maximum atomic E-state index is 14.1. The molecule has 1 aromatic rings. The Morgan fingerprint density at radius 2 is 2.00 bits per heavy atom. The van der Waals surface area contributed by atoms with Crippen LogP contribution in [0.25, 0.3) is 0 Å². The summed E-state index contributed by atoms with van der Waals surface area (Å²) in [7, 11) is 1.24. The van der Waals surface area contributed by atoms with Gasteiger partial charge >= 0.3 is 11.9 Å².